The minimum absolute atomic E-state index is 0.713. The molecule has 0 amide bonds. The molecule has 1 saturated heterocycles. The average molecular weight is 114 g/mol. The summed E-state index contributed by atoms with van der Waals surface area (Å²) < 4.78 is 0. The van der Waals surface area contributed by atoms with Crippen LogP contribution in [-0.2, 0) is 0 Å². The predicted molar refractivity (Wildman–Crippen MR) is 34.7 cm³/mol. The van der Waals surface area contributed by atoms with Gasteiger partial charge in [-0.1, -0.05) is 0 Å². The molecule has 1 heterocycles. The van der Waals surface area contributed by atoms with Crippen molar-refractivity contribution >= 4 is 0 Å². The zero-order valence-corrected chi connectivity index (χ0v) is 5.41. The zero-order chi connectivity index (χ0) is 5.82. The summed E-state index contributed by atoms with van der Waals surface area (Å²) in [4.78, 5) is 0. The highest BCUT2D eigenvalue weighted by molar-refractivity contribution is 4.64. The Morgan fingerprint density at radius 1 is 1.50 bits per heavy atom. The van der Waals surface area contributed by atoms with E-state index in [-0.39, 0.29) is 0 Å². The minimum atomic E-state index is 0.713. The van der Waals surface area contributed by atoms with Crippen LogP contribution in [0.2, 0.25) is 0 Å². The summed E-state index contributed by atoms with van der Waals surface area (Å²) in [6, 6.07) is 0.713. The molecule has 0 bridgehead atoms. The van der Waals surface area contributed by atoms with Crippen LogP contribution in [0.3, 0.4) is 0 Å². The van der Waals surface area contributed by atoms with Gasteiger partial charge in [0.1, 0.15) is 0 Å². The fraction of sp³-hybridized carbons (Fsp3) is 1.00. The Balaban J connectivity index is 2.17. The number of hydrogen-bond acceptors (Lipinski definition) is 2. The van der Waals surface area contributed by atoms with Crippen LogP contribution in [0.5, 0.6) is 0 Å². The summed E-state index contributed by atoms with van der Waals surface area (Å²) in [6.07, 6.45) is 2.63. The summed E-state index contributed by atoms with van der Waals surface area (Å²) in [7, 11) is 0. The summed E-state index contributed by atoms with van der Waals surface area (Å²) in [5.74, 6) is 0. The van der Waals surface area contributed by atoms with Gasteiger partial charge >= 0.3 is 0 Å². The first-order valence-electron chi connectivity index (χ1n) is 3.33. The maximum Gasteiger partial charge on any atom is 0.0456 e. The normalized spacial score (nSPS) is 31.9. The van der Waals surface area contributed by atoms with E-state index in [0.717, 1.165) is 6.67 Å². The third-order valence-corrected chi connectivity index (χ3v) is 1.57. The van der Waals surface area contributed by atoms with Crippen LogP contribution in [0.1, 0.15) is 19.8 Å². The summed E-state index contributed by atoms with van der Waals surface area (Å²) in [5, 5.41) is 6.60. The van der Waals surface area contributed by atoms with Gasteiger partial charge in [-0.25, -0.2) is 0 Å². The molecular formula is C6H14N2. The van der Waals surface area contributed by atoms with E-state index in [2.05, 4.69) is 17.6 Å². The number of hydrogen-bond donors (Lipinski definition) is 2. The molecule has 1 atom stereocenters. The second-order valence-corrected chi connectivity index (χ2v) is 2.42. The molecular weight excluding hydrogens is 100 g/mol. The lowest BCUT2D eigenvalue weighted by atomic mass is 10.2. The smallest absolute Gasteiger partial charge is 0.0456 e. The first-order valence-corrected chi connectivity index (χ1v) is 3.33. The molecule has 2 nitrogen and oxygen atoms in total. The summed E-state index contributed by atoms with van der Waals surface area (Å²) in [6.45, 7) is 4.39. The highest BCUT2D eigenvalue weighted by Gasteiger charge is 2.02. The molecule has 1 rings (SSSR count). The van der Waals surface area contributed by atoms with Gasteiger partial charge in [0.15, 0.2) is 0 Å². The zero-order valence-electron chi connectivity index (χ0n) is 5.41. The van der Waals surface area contributed by atoms with E-state index in [4.69, 9.17) is 0 Å². The lowest BCUT2D eigenvalue weighted by Crippen LogP contribution is -2.31. The van der Waals surface area contributed by atoms with Crippen molar-refractivity contribution in [1.29, 1.82) is 0 Å². The lowest BCUT2D eigenvalue weighted by Gasteiger charge is -2.06. The Labute approximate surface area is 50.7 Å². The van der Waals surface area contributed by atoms with E-state index in [1.165, 1.54) is 19.4 Å². The fourth-order valence-corrected chi connectivity index (χ4v) is 0.970. The van der Waals surface area contributed by atoms with Gasteiger partial charge in [0.25, 0.3) is 0 Å². The van der Waals surface area contributed by atoms with Crippen LogP contribution in [0, 0.1) is 0 Å². The second-order valence-electron chi connectivity index (χ2n) is 2.42. The number of rotatable bonds is 0. The molecule has 1 aliphatic heterocycles. The maximum absolute atomic E-state index is 3.33. The van der Waals surface area contributed by atoms with Crippen molar-refractivity contribution in [3.63, 3.8) is 0 Å². The second kappa shape index (κ2) is 3.05. The van der Waals surface area contributed by atoms with Crippen LogP contribution < -0.4 is 10.6 Å². The van der Waals surface area contributed by atoms with Crippen molar-refractivity contribution in [2.75, 3.05) is 13.2 Å². The first kappa shape index (κ1) is 6.05. The molecule has 0 aromatic carbocycles. The quantitative estimate of drug-likeness (QED) is 0.473. The van der Waals surface area contributed by atoms with Gasteiger partial charge in [0.2, 0.25) is 0 Å². The highest BCUT2D eigenvalue weighted by Crippen LogP contribution is 1.96. The maximum atomic E-state index is 3.33. The van der Waals surface area contributed by atoms with Crippen molar-refractivity contribution < 1.29 is 0 Å². The highest BCUT2D eigenvalue weighted by atomic mass is 15.1. The van der Waals surface area contributed by atoms with Crippen molar-refractivity contribution in [3.8, 4) is 0 Å². The molecule has 2 N–H and O–H groups in total. The summed E-state index contributed by atoms with van der Waals surface area (Å²) >= 11 is 0. The van der Waals surface area contributed by atoms with E-state index < -0.39 is 0 Å². The van der Waals surface area contributed by atoms with Gasteiger partial charge in [-0.3, -0.25) is 0 Å². The van der Waals surface area contributed by atoms with Gasteiger partial charge in [-0.05, 0) is 26.3 Å². The monoisotopic (exact) mass is 114 g/mol. The Morgan fingerprint density at radius 3 is 3.25 bits per heavy atom. The number of nitrogens with one attached hydrogen (secondary N) is 2. The van der Waals surface area contributed by atoms with E-state index in [9.17, 15) is 0 Å². The Kier molecular flexibility index (Phi) is 2.30. The van der Waals surface area contributed by atoms with E-state index in [1.807, 2.05) is 0 Å². The molecule has 0 aromatic heterocycles. The van der Waals surface area contributed by atoms with Crippen LogP contribution in [0.4, 0.5) is 0 Å². The van der Waals surface area contributed by atoms with E-state index in [1.54, 1.807) is 0 Å². The topological polar surface area (TPSA) is 24.1 Å². The third kappa shape index (κ3) is 1.80. The van der Waals surface area contributed by atoms with E-state index in [0.29, 0.717) is 6.04 Å². The van der Waals surface area contributed by atoms with Crippen LogP contribution in [0.15, 0.2) is 0 Å². The van der Waals surface area contributed by atoms with Crippen molar-refractivity contribution in [2.24, 2.45) is 0 Å². The minimum Gasteiger partial charge on any atom is -0.304 e. The van der Waals surface area contributed by atoms with E-state index >= 15 is 0 Å². The Bertz CT molecular complexity index is 55.5. The molecule has 1 fully saturated rings. The Hall–Kier alpha value is -0.0800. The van der Waals surface area contributed by atoms with Crippen LogP contribution in [-0.4, -0.2) is 19.3 Å². The molecule has 1 unspecified atom stereocenters. The first-order chi connectivity index (χ1) is 3.89. The molecule has 48 valence electrons. The molecule has 2 heteroatoms. The molecule has 0 saturated carbocycles. The van der Waals surface area contributed by atoms with Crippen LogP contribution in [0.25, 0.3) is 0 Å². The molecule has 0 aliphatic carbocycles. The van der Waals surface area contributed by atoms with Crippen molar-refractivity contribution in [3.05, 3.63) is 0 Å². The molecule has 0 radical (unpaired) electrons. The van der Waals surface area contributed by atoms with Gasteiger partial charge in [0.05, 0.1) is 0 Å². The molecule has 0 spiro atoms. The standard InChI is InChI=1S/C6H14N2/c1-6-3-2-4-7-5-8-6/h6-8H,2-5H2,1H3. The molecule has 0 aromatic rings. The molecule has 1 aliphatic rings. The fourth-order valence-electron chi connectivity index (χ4n) is 0.970. The Morgan fingerprint density at radius 2 is 2.38 bits per heavy atom. The summed E-state index contributed by atoms with van der Waals surface area (Å²) in [5.41, 5.74) is 0. The van der Waals surface area contributed by atoms with Crippen LogP contribution >= 0.6 is 0 Å². The van der Waals surface area contributed by atoms with Crippen molar-refractivity contribution in [2.45, 2.75) is 25.8 Å². The predicted octanol–water partition coefficient (Wildman–Crippen LogP) is 0.305. The van der Waals surface area contributed by atoms with Gasteiger partial charge in [-0.15, -0.1) is 0 Å². The van der Waals surface area contributed by atoms with Gasteiger partial charge < -0.3 is 10.6 Å². The van der Waals surface area contributed by atoms with Gasteiger partial charge in [-0.2, -0.15) is 0 Å². The van der Waals surface area contributed by atoms with Gasteiger partial charge in [0, 0.05) is 12.7 Å². The SMILES string of the molecule is CC1CCCNCN1. The average Bonchev–Trinajstić information content (AvgIpc) is 1.94. The third-order valence-electron chi connectivity index (χ3n) is 1.57. The largest absolute Gasteiger partial charge is 0.304 e. The lowest BCUT2D eigenvalue weighted by molar-refractivity contribution is 0.541. The van der Waals surface area contributed by atoms with Crippen molar-refractivity contribution in [1.82, 2.24) is 10.6 Å². The molecule has 8 heavy (non-hydrogen) atoms.